The molecule has 0 aromatic rings. The van der Waals surface area contributed by atoms with Crippen LogP contribution in [0.1, 0.15) is 89.9 Å². The molecule has 10 aliphatic rings. The van der Waals surface area contributed by atoms with Crippen LogP contribution < -0.4 is 0 Å². The average molecular weight is 569 g/mol. The van der Waals surface area contributed by atoms with Gasteiger partial charge < -0.3 is 9.47 Å². The lowest BCUT2D eigenvalue weighted by molar-refractivity contribution is -0.433. The van der Waals surface area contributed by atoms with E-state index >= 15 is 0 Å². The van der Waals surface area contributed by atoms with Gasteiger partial charge in [0.1, 0.15) is 17.6 Å². The third-order valence-corrected chi connectivity index (χ3v) is 13.7. The molecule has 0 aromatic heterocycles. The highest BCUT2D eigenvalue weighted by Crippen LogP contribution is 2.76. The minimum Gasteiger partial charge on any atom is -0.460 e. The summed E-state index contributed by atoms with van der Waals surface area (Å²) in [6.07, 6.45) is 14.6. The maximum Gasteiger partial charge on any atom is 0.415 e. The summed E-state index contributed by atoms with van der Waals surface area (Å²) in [6, 6.07) is 0. The van der Waals surface area contributed by atoms with Crippen molar-refractivity contribution in [2.24, 2.45) is 57.7 Å². The van der Waals surface area contributed by atoms with E-state index in [-0.39, 0.29) is 18.0 Å². The Labute approximate surface area is 231 Å². The summed E-state index contributed by atoms with van der Waals surface area (Å²) >= 11 is -0.601. The van der Waals surface area contributed by atoms with Crippen LogP contribution in [-0.4, -0.2) is 34.7 Å². The lowest BCUT2D eigenvalue weighted by Gasteiger charge is -2.72. The molecule has 0 aromatic carbocycles. The summed E-state index contributed by atoms with van der Waals surface area (Å²) in [5, 5.41) is 7.36. The van der Waals surface area contributed by atoms with E-state index in [0.29, 0.717) is 35.5 Å². The van der Waals surface area contributed by atoms with Crippen molar-refractivity contribution < 1.29 is 42.5 Å². The number of esters is 2. The van der Waals surface area contributed by atoms with Crippen LogP contribution in [-0.2, 0) is 28.4 Å². The minimum absolute atomic E-state index is 0.0149. The number of carbonyl (C=O) groups is 2. The van der Waals surface area contributed by atoms with E-state index in [4.69, 9.17) is 14.7 Å². The third-order valence-electron chi connectivity index (χ3n) is 13.2. The summed E-state index contributed by atoms with van der Waals surface area (Å²) < 4.78 is 43.7. The first-order valence-corrected chi connectivity index (χ1v) is 15.7. The number of alkyl halides is 2. The van der Waals surface area contributed by atoms with Crippen LogP contribution in [0.3, 0.4) is 0 Å². The van der Waals surface area contributed by atoms with Gasteiger partial charge in [-0.1, -0.05) is 5.04 Å². The monoisotopic (exact) mass is 568 g/mol. The standard InChI is InChI=1S/C29H38F2O7S/c30-29(31,39-38-37-34)24(33)35-15-25-6-17-3-18(7-25)10-28(9-17,14-25)36-23(32)27-2-1-26-8-16-4-19(11-26)21(12-27)20(5-16)22(26)13-27/h16-22,34H,1-15H2. The predicted molar refractivity (Wildman–Crippen MR) is 133 cm³/mol. The first-order valence-electron chi connectivity index (χ1n) is 15.0. The molecule has 10 saturated carbocycles. The molecular formula is C29H38F2O7S. The van der Waals surface area contributed by atoms with Gasteiger partial charge in [-0.15, -0.1) is 4.33 Å². The molecule has 7 nitrogen and oxygen atoms in total. The van der Waals surface area contributed by atoms with Crippen molar-refractivity contribution in [1.82, 2.24) is 0 Å². The van der Waals surface area contributed by atoms with Gasteiger partial charge in [-0.05, 0) is 137 Å². The first kappa shape index (κ1) is 25.7. The van der Waals surface area contributed by atoms with E-state index in [1.807, 2.05) is 0 Å². The number of fused-ring (bicyclic) bond motifs is 1. The molecule has 9 atom stereocenters. The Balaban J connectivity index is 0.996. The maximum absolute atomic E-state index is 14.3. The van der Waals surface area contributed by atoms with Crippen LogP contribution in [0.5, 0.6) is 0 Å². The zero-order valence-corrected chi connectivity index (χ0v) is 23.0. The summed E-state index contributed by atoms with van der Waals surface area (Å²) in [7, 11) is 0. The number of ether oxygens (including phenoxy) is 2. The van der Waals surface area contributed by atoms with Crippen molar-refractivity contribution in [3.05, 3.63) is 0 Å². The molecule has 39 heavy (non-hydrogen) atoms. The second kappa shape index (κ2) is 8.32. The van der Waals surface area contributed by atoms with Crippen LogP contribution in [0.25, 0.3) is 0 Å². The molecule has 216 valence electrons. The van der Waals surface area contributed by atoms with Gasteiger partial charge in [-0.3, -0.25) is 4.79 Å². The molecule has 10 heteroatoms. The van der Waals surface area contributed by atoms with E-state index in [2.05, 4.69) is 9.37 Å². The number of rotatable bonds is 8. The quantitative estimate of drug-likeness (QED) is 0.158. The van der Waals surface area contributed by atoms with Crippen molar-refractivity contribution >= 4 is 24.0 Å². The van der Waals surface area contributed by atoms with Gasteiger partial charge in [0, 0.05) is 5.41 Å². The van der Waals surface area contributed by atoms with E-state index in [0.717, 1.165) is 69.1 Å². The van der Waals surface area contributed by atoms with E-state index in [9.17, 15) is 18.4 Å². The van der Waals surface area contributed by atoms with Crippen molar-refractivity contribution in [1.29, 1.82) is 0 Å². The molecule has 10 aliphatic carbocycles. The van der Waals surface area contributed by atoms with E-state index in [1.54, 1.807) is 0 Å². The van der Waals surface area contributed by atoms with Crippen molar-refractivity contribution in [3.8, 4) is 0 Å². The van der Waals surface area contributed by atoms with Gasteiger partial charge >= 0.3 is 17.2 Å². The first-order chi connectivity index (χ1) is 18.6. The maximum atomic E-state index is 14.3. The van der Waals surface area contributed by atoms with Gasteiger partial charge in [0.25, 0.3) is 0 Å². The van der Waals surface area contributed by atoms with Crippen molar-refractivity contribution in [3.63, 3.8) is 0 Å². The molecule has 0 heterocycles. The highest BCUT2D eigenvalue weighted by molar-refractivity contribution is 7.96. The van der Waals surface area contributed by atoms with Gasteiger partial charge in [0.15, 0.2) is 0 Å². The predicted octanol–water partition coefficient (Wildman–Crippen LogP) is 6.32. The Kier molecular flexibility index (Phi) is 5.48. The van der Waals surface area contributed by atoms with Crippen LogP contribution in [0.4, 0.5) is 8.78 Å². The highest BCUT2D eigenvalue weighted by Gasteiger charge is 2.70. The Morgan fingerprint density at radius 2 is 1.69 bits per heavy atom. The average Bonchev–Trinajstić information content (AvgIpc) is 2.87. The fourth-order valence-corrected chi connectivity index (χ4v) is 13.0. The molecule has 11 bridgehead atoms. The molecule has 0 aliphatic heterocycles. The minimum atomic E-state index is -4.01. The largest absolute Gasteiger partial charge is 0.460 e. The molecule has 10 rings (SSSR count). The van der Waals surface area contributed by atoms with Crippen LogP contribution in [0, 0.1) is 57.7 Å². The fraction of sp³-hybridized carbons (Fsp3) is 0.931. The molecule has 1 spiro atoms. The smallest absolute Gasteiger partial charge is 0.415 e. The zero-order chi connectivity index (χ0) is 26.8. The van der Waals surface area contributed by atoms with E-state index in [1.165, 1.54) is 32.1 Å². The lowest BCUT2D eigenvalue weighted by atomic mass is 9.33. The van der Waals surface area contributed by atoms with Gasteiger partial charge in [-0.2, -0.15) is 8.78 Å². The van der Waals surface area contributed by atoms with Gasteiger partial charge in [-0.25, -0.2) is 10.1 Å². The molecule has 0 saturated heterocycles. The summed E-state index contributed by atoms with van der Waals surface area (Å²) in [5.74, 6) is 2.90. The topological polar surface area (TPSA) is 91.3 Å². The highest BCUT2D eigenvalue weighted by atomic mass is 32.2. The second-order valence-corrected chi connectivity index (χ2v) is 16.2. The zero-order valence-electron chi connectivity index (χ0n) is 22.2. The molecular weight excluding hydrogens is 530 g/mol. The normalized spacial score (nSPS) is 51.8. The van der Waals surface area contributed by atoms with Crippen molar-refractivity contribution in [2.75, 3.05) is 6.61 Å². The molecule has 1 N–H and O–H groups in total. The molecule has 0 amide bonds. The van der Waals surface area contributed by atoms with Crippen LogP contribution in [0.15, 0.2) is 0 Å². The van der Waals surface area contributed by atoms with E-state index < -0.39 is 34.3 Å². The van der Waals surface area contributed by atoms with Crippen LogP contribution >= 0.6 is 12.0 Å². The lowest BCUT2D eigenvalue weighted by Crippen LogP contribution is -2.66. The fourth-order valence-electron chi connectivity index (χ4n) is 12.8. The van der Waals surface area contributed by atoms with Crippen molar-refractivity contribution in [2.45, 2.75) is 101 Å². The SMILES string of the molecule is O=C(OC12CC3CC(CC(COC(=O)C(F)(F)SOOO)(C3)C1)C2)C12CCC34CC5CC(C3)C(C1)C(C5)C4C2. The Morgan fingerprint density at radius 1 is 0.897 bits per heavy atom. The Morgan fingerprint density at radius 3 is 2.46 bits per heavy atom. The Hall–Kier alpha value is -0.970. The summed E-state index contributed by atoms with van der Waals surface area (Å²) in [5.41, 5.74) is -0.896. The second-order valence-electron chi connectivity index (χ2n) is 15.3. The molecule has 9 unspecified atom stereocenters. The Bertz CT molecular complexity index is 1070. The summed E-state index contributed by atoms with van der Waals surface area (Å²) in [6.45, 7) is -0.128. The number of halogens is 2. The number of carbonyl (C=O) groups excluding carboxylic acids is 2. The van der Waals surface area contributed by atoms with Crippen LogP contribution in [0.2, 0.25) is 0 Å². The number of hydrogen-bond donors (Lipinski definition) is 1. The molecule has 10 fully saturated rings. The third kappa shape index (κ3) is 3.75. The van der Waals surface area contributed by atoms with Gasteiger partial charge in [0.2, 0.25) is 0 Å². The number of hydrogen-bond acceptors (Lipinski definition) is 8. The summed E-state index contributed by atoms with van der Waals surface area (Å²) in [4.78, 5) is 26.4. The van der Waals surface area contributed by atoms with Gasteiger partial charge in [0.05, 0.1) is 12.0 Å². The molecule has 0 radical (unpaired) electrons.